The largest absolute Gasteiger partial charge is 0.462 e. The number of aryl methyl sites for hydroxylation is 1. The lowest BCUT2D eigenvalue weighted by molar-refractivity contribution is -0.145. The summed E-state index contributed by atoms with van der Waals surface area (Å²) in [6.45, 7) is 10.8. The number of hydrogen-bond acceptors (Lipinski definition) is 14. The molecule has 2 saturated carbocycles. The Hall–Kier alpha value is -6.73. The van der Waals surface area contributed by atoms with Gasteiger partial charge in [-0.15, -0.1) is 6.42 Å². The summed E-state index contributed by atoms with van der Waals surface area (Å²) in [5.74, 6) is -0.694. The number of terminal acetylenes is 1. The van der Waals surface area contributed by atoms with Gasteiger partial charge in [0.1, 0.15) is 31.7 Å². The van der Waals surface area contributed by atoms with E-state index in [0.717, 1.165) is 17.6 Å². The third-order valence-corrected chi connectivity index (χ3v) is 14.3. The van der Waals surface area contributed by atoms with E-state index in [1.807, 2.05) is 19.1 Å². The molecule has 3 aliphatic rings. The lowest BCUT2D eigenvalue weighted by atomic mass is 9.45. The minimum Gasteiger partial charge on any atom is -0.462 e. The average molecular weight is 973 g/mol. The van der Waals surface area contributed by atoms with Crippen LogP contribution in [0.15, 0.2) is 96.6 Å². The summed E-state index contributed by atoms with van der Waals surface area (Å²) in [5.41, 5.74) is 3.15. The van der Waals surface area contributed by atoms with E-state index in [1.54, 1.807) is 42.5 Å². The SMILES string of the molecule is C#CCOCCOC(=O)CNCC(=O)Nc1ccc(C(=O)c2ccc(C(=O)OCCCC(=O)CC[C@]3(C)C(O)CC[C@]4(C)C3CCC(=C)[C@H]4CC(OC(=O)c3ccc(C)cc3)C3=CCOC3=O)cc2)cc1. The molecule has 71 heavy (non-hydrogen) atoms. The second-order valence-corrected chi connectivity index (χ2v) is 19.0. The van der Waals surface area contributed by atoms with Gasteiger partial charge in [0.05, 0.1) is 49.1 Å². The van der Waals surface area contributed by atoms with Crippen LogP contribution >= 0.6 is 0 Å². The smallest absolute Gasteiger partial charge is 0.338 e. The van der Waals surface area contributed by atoms with Crippen molar-refractivity contribution >= 4 is 47.0 Å². The van der Waals surface area contributed by atoms with Crippen molar-refractivity contribution in [3.05, 3.63) is 124 Å². The monoisotopic (exact) mass is 972 g/mol. The summed E-state index contributed by atoms with van der Waals surface area (Å²) in [6, 6.07) is 19.4. The number of carbonyl (C=O) groups is 7. The molecule has 0 spiro atoms. The number of anilines is 1. The normalized spacial score (nSPS) is 21.9. The Morgan fingerprint density at radius 2 is 1.52 bits per heavy atom. The fourth-order valence-corrected chi connectivity index (χ4v) is 10.3. The molecule has 2 fully saturated rings. The molecular weight excluding hydrogens is 909 g/mol. The maximum Gasteiger partial charge on any atom is 0.338 e. The van der Waals surface area contributed by atoms with Gasteiger partial charge in [0, 0.05) is 29.7 Å². The highest BCUT2D eigenvalue weighted by atomic mass is 16.6. The topological polar surface area (TPSA) is 210 Å². The highest BCUT2D eigenvalue weighted by Gasteiger charge is 2.58. The number of ketones is 2. The molecule has 6 atom stereocenters. The van der Waals surface area contributed by atoms with E-state index in [4.69, 9.17) is 30.1 Å². The Balaban J connectivity index is 0.943. The first-order chi connectivity index (χ1) is 34.0. The van der Waals surface area contributed by atoms with Crippen LogP contribution < -0.4 is 10.6 Å². The first kappa shape index (κ1) is 53.6. The molecule has 3 aromatic carbocycles. The molecule has 6 rings (SSSR count). The third kappa shape index (κ3) is 14.0. The van der Waals surface area contributed by atoms with Crippen molar-refractivity contribution in [3.63, 3.8) is 0 Å². The zero-order valence-corrected chi connectivity index (χ0v) is 40.8. The Morgan fingerprint density at radius 3 is 2.20 bits per heavy atom. The van der Waals surface area contributed by atoms with Gasteiger partial charge in [-0.3, -0.25) is 24.5 Å². The van der Waals surface area contributed by atoms with E-state index in [0.29, 0.717) is 66.5 Å². The van der Waals surface area contributed by atoms with Gasteiger partial charge in [-0.1, -0.05) is 61.7 Å². The van der Waals surface area contributed by atoms with Crippen LogP contribution in [0.3, 0.4) is 0 Å². The van der Waals surface area contributed by atoms with Crippen molar-refractivity contribution in [2.45, 2.75) is 90.8 Å². The summed E-state index contributed by atoms with van der Waals surface area (Å²) in [4.78, 5) is 89.8. The van der Waals surface area contributed by atoms with Gasteiger partial charge in [0.15, 0.2) is 5.78 Å². The Bertz CT molecular complexity index is 2510. The molecule has 1 aliphatic heterocycles. The van der Waals surface area contributed by atoms with Gasteiger partial charge in [-0.2, -0.15) is 0 Å². The maximum atomic E-state index is 13.4. The Labute approximate surface area is 415 Å². The third-order valence-electron chi connectivity index (χ3n) is 14.3. The minimum atomic E-state index is -0.853. The molecule has 15 heteroatoms. The number of ether oxygens (including phenoxy) is 5. The van der Waals surface area contributed by atoms with E-state index < -0.39 is 47.4 Å². The number of nitrogens with one attached hydrogen (secondary N) is 2. The van der Waals surface area contributed by atoms with Crippen LogP contribution in [0.25, 0.3) is 0 Å². The van der Waals surface area contributed by atoms with Gasteiger partial charge in [-0.25, -0.2) is 14.4 Å². The number of cyclic esters (lactones) is 1. The number of fused-ring (bicyclic) bond motifs is 1. The zero-order valence-electron chi connectivity index (χ0n) is 40.8. The first-order valence-electron chi connectivity index (χ1n) is 24.1. The predicted molar refractivity (Wildman–Crippen MR) is 263 cm³/mol. The van der Waals surface area contributed by atoms with Crippen LogP contribution in [0, 0.1) is 41.9 Å². The molecule has 0 saturated heterocycles. The van der Waals surface area contributed by atoms with Gasteiger partial charge in [-0.05, 0) is 129 Å². The summed E-state index contributed by atoms with van der Waals surface area (Å²) in [5, 5.41) is 17.0. The van der Waals surface area contributed by atoms with Crippen molar-refractivity contribution in [2.75, 3.05) is 51.4 Å². The molecule has 3 N–H and O–H groups in total. The van der Waals surface area contributed by atoms with Crippen LogP contribution in [-0.2, 0) is 42.9 Å². The highest BCUT2D eigenvalue weighted by molar-refractivity contribution is 6.09. The lowest BCUT2D eigenvalue weighted by Crippen LogP contribution is -2.56. The van der Waals surface area contributed by atoms with Gasteiger partial charge < -0.3 is 34.1 Å². The van der Waals surface area contributed by atoms with Crippen molar-refractivity contribution in [3.8, 4) is 12.3 Å². The van der Waals surface area contributed by atoms with Gasteiger partial charge in [0.2, 0.25) is 5.91 Å². The molecule has 0 radical (unpaired) electrons. The zero-order chi connectivity index (χ0) is 51.1. The number of rotatable bonds is 24. The lowest BCUT2D eigenvalue weighted by Gasteiger charge is -2.60. The molecule has 0 bridgehead atoms. The quantitative estimate of drug-likeness (QED) is 0.0205. The number of Topliss-reactive ketones (excluding diaryl/α,β-unsaturated/α-hetero) is 1. The number of esters is 4. The molecule has 2 aliphatic carbocycles. The standard InChI is InChI=1S/C56H64N2O13/c1-6-28-67-31-32-68-50(62)35-57-34-49(61)58-42-20-18-39(19-21-42)51(63)38-14-16-40(17-15-38)52(64)69-29-7-8-43(59)23-26-56(5)47-22-11-37(3)45(55(47,4)27-24-48(56)60)33-46(44-25-30-70-54(44)66)71-53(65)41-12-9-36(2)10-13-41/h1,9-10,12-21,25,45-48,57,60H,3,7-8,11,22-24,26-35H2,2,4-5H3,(H,58,61)/t45-,46?,47?,48?,55+,56+/m1/s1. The van der Waals surface area contributed by atoms with E-state index >= 15 is 0 Å². The maximum absolute atomic E-state index is 13.4. The fraction of sp³-hybridized carbons (Fsp3) is 0.446. The average Bonchev–Trinajstić information content (AvgIpc) is 3.79. The molecule has 0 aromatic heterocycles. The number of aliphatic hydroxyl groups is 1. The summed E-state index contributed by atoms with van der Waals surface area (Å²) < 4.78 is 26.8. The highest BCUT2D eigenvalue weighted by Crippen LogP contribution is 2.63. The molecule has 3 unspecified atom stereocenters. The second-order valence-electron chi connectivity index (χ2n) is 19.0. The minimum absolute atomic E-state index is 0.00167. The number of allylic oxidation sites excluding steroid dienone is 1. The van der Waals surface area contributed by atoms with Crippen molar-refractivity contribution < 1.29 is 62.4 Å². The summed E-state index contributed by atoms with van der Waals surface area (Å²) >= 11 is 0. The second kappa shape index (κ2) is 24.9. The van der Waals surface area contributed by atoms with Crippen LogP contribution in [-0.4, -0.2) is 105 Å². The van der Waals surface area contributed by atoms with Crippen LogP contribution in [0.4, 0.5) is 5.69 Å². The molecular formula is C56H64N2O13. The van der Waals surface area contributed by atoms with Crippen LogP contribution in [0.2, 0.25) is 0 Å². The van der Waals surface area contributed by atoms with Crippen molar-refractivity contribution in [2.24, 2.45) is 22.7 Å². The molecule has 1 heterocycles. The van der Waals surface area contributed by atoms with E-state index in [-0.39, 0.29) is 93.3 Å². The van der Waals surface area contributed by atoms with E-state index in [1.165, 1.54) is 24.3 Å². The Kier molecular flexibility index (Phi) is 18.8. The van der Waals surface area contributed by atoms with Crippen LogP contribution in [0.5, 0.6) is 0 Å². The Morgan fingerprint density at radius 1 is 0.859 bits per heavy atom. The molecule has 1 amide bonds. The molecule has 3 aromatic rings. The van der Waals surface area contributed by atoms with Gasteiger partial charge in [0.25, 0.3) is 0 Å². The van der Waals surface area contributed by atoms with Gasteiger partial charge >= 0.3 is 23.9 Å². The molecule has 376 valence electrons. The number of amides is 1. The van der Waals surface area contributed by atoms with Crippen molar-refractivity contribution in [1.82, 2.24) is 5.32 Å². The van der Waals surface area contributed by atoms with Crippen molar-refractivity contribution in [1.29, 1.82) is 0 Å². The van der Waals surface area contributed by atoms with Crippen LogP contribution in [0.1, 0.15) is 114 Å². The predicted octanol–water partition coefficient (Wildman–Crippen LogP) is 7.08. The first-order valence-corrected chi connectivity index (χ1v) is 24.1. The number of aliphatic hydroxyl groups excluding tert-OH is 1. The summed E-state index contributed by atoms with van der Waals surface area (Å²) in [6.07, 6.45) is 9.52. The number of benzene rings is 3. The number of carbonyl (C=O) groups excluding carboxylic acids is 7. The summed E-state index contributed by atoms with van der Waals surface area (Å²) in [7, 11) is 0. The molecule has 15 nitrogen and oxygen atoms in total. The number of hydrogen-bond donors (Lipinski definition) is 3. The van der Waals surface area contributed by atoms with E-state index in [2.05, 4.69) is 37.0 Å². The van der Waals surface area contributed by atoms with E-state index in [9.17, 15) is 38.7 Å². The fourth-order valence-electron chi connectivity index (χ4n) is 10.3.